The van der Waals surface area contributed by atoms with Crippen molar-refractivity contribution >= 4 is 22.6 Å². The van der Waals surface area contributed by atoms with Gasteiger partial charge in [-0.25, -0.2) is 4.68 Å². The van der Waals surface area contributed by atoms with Gasteiger partial charge in [0.2, 0.25) is 5.43 Å². The van der Waals surface area contributed by atoms with E-state index in [0.29, 0.717) is 17.0 Å². The first-order valence-corrected chi connectivity index (χ1v) is 6.06. The number of aromatic amines is 2. The summed E-state index contributed by atoms with van der Waals surface area (Å²) in [5.74, 6) is 0. The predicted octanol–water partition coefficient (Wildman–Crippen LogP) is 1.97. The highest BCUT2D eigenvalue weighted by molar-refractivity contribution is 6.31. The fourth-order valence-corrected chi connectivity index (χ4v) is 2.16. The number of rotatable bonds is 1. The summed E-state index contributed by atoms with van der Waals surface area (Å²) in [5, 5.41) is 2.97. The zero-order valence-corrected chi connectivity index (χ0v) is 10.8. The minimum Gasteiger partial charge on any atom is -0.342 e. The van der Waals surface area contributed by atoms with Gasteiger partial charge in [-0.1, -0.05) is 29.8 Å². The minimum atomic E-state index is -0.455. The third kappa shape index (κ3) is 1.70. The number of hydrogen-bond acceptors (Lipinski definition) is 2. The van der Waals surface area contributed by atoms with Crippen LogP contribution in [0.15, 0.2) is 39.9 Å². The van der Waals surface area contributed by atoms with E-state index in [1.54, 1.807) is 19.1 Å². The topological polar surface area (TPSA) is 70.7 Å². The molecule has 0 bridgehead atoms. The Bertz CT molecular complexity index is 875. The Balaban J connectivity index is 2.43. The number of benzene rings is 1. The van der Waals surface area contributed by atoms with Crippen molar-refractivity contribution < 1.29 is 0 Å². The summed E-state index contributed by atoms with van der Waals surface area (Å²) in [6.45, 7) is 1.68. The number of aromatic nitrogens is 3. The molecule has 0 aliphatic heterocycles. The van der Waals surface area contributed by atoms with Crippen molar-refractivity contribution in [3.8, 4) is 5.69 Å². The van der Waals surface area contributed by atoms with Crippen molar-refractivity contribution in [3.63, 3.8) is 0 Å². The molecule has 0 saturated heterocycles. The molecule has 0 aliphatic rings. The van der Waals surface area contributed by atoms with Gasteiger partial charge >= 0.3 is 0 Å². The number of fused-ring (bicyclic) bond motifs is 1. The number of nitrogens with zero attached hydrogens (tertiary/aromatic N) is 1. The summed E-state index contributed by atoms with van der Waals surface area (Å²) in [6.07, 6.45) is 0. The Hall–Kier alpha value is -2.27. The van der Waals surface area contributed by atoms with Crippen LogP contribution in [0.4, 0.5) is 0 Å². The van der Waals surface area contributed by atoms with E-state index in [1.807, 2.05) is 18.2 Å². The van der Waals surface area contributed by atoms with Crippen molar-refractivity contribution in [1.29, 1.82) is 0 Å². The van der Waals surface area contributed by atoms with Crippen LogP contribution in [-0.2, 0) is 0 Å². The maximum Gasteiger partial charge on any atom is 0.284 e. The quantitative estimate of drug-likeness (QED) is 0.713. The molecule has 2 N–H and O–H groups in total. The number of H-pyrrole nitrogens is 2. The molecular formula is C13H10ClN3O2. The molecule has 19 heavy (non-hydrogen) atoms. The lowest BCUT2D eigenvalue weighted by Crippen LogP contribution is -2.18. The number of nitrogens with one attached hydrogen (secondary N) is 2. The lowest BCUT2D eigenvalue weighted by molar-refractivity contribution is 0.857. The zero-order valence-electron chi connectivity index (χ0n) is 10.0. The zero-order chi connectivity index (χ0) is 13.6. The molecule has 0 atom stereocenters. The summed E-state index contributed by atoms with van der Waals surface area (Å²) in [7, 11) is 0. The van der Waals surface area contributed by atoms with Crippen LogP contribution in [0.3, 0.4) is 0 Å². The van der Waals surface area contributed by atoms with Gasteiger partial charge in [0.25, 0.3) is 5.56 Å². The van der Waals surface area contributed by atoms with Gasteiger partial charge in [0.1, 0.15) is 16.1 Å². The smallest absolute Gasteiger partial charge is 0.284 e. The summed E-state index contributed by atoms with van der Waals surface area (Å²) < 4.78 is 1.32. The lowest BCUT2D eigenvalue weighted by atomic mass is 10.3. The molecule has 3 rings (SSSR count). The van der Waals surface area contributed by atoms with Gasteiger partial charge in [0.05, 0.1) is 5.69 Å². The van der Waals surface area contributed by atoms with Crippen LogP contribution in [0, 0.1) is 6.92 Å². The second-order valence-electron chi connectivity index (χ2n) is 4.23. The molecule has 96 valence electrons. The first-order valence-electron chi connectivity index (χ1n) is 5.68. The SMILES string of the molecule is Cc1[nH]c2[nH]n(-c3ccccc3)c(=O)c2c(=O)c1Cl. The fraction of sp³-hybridized carbons (Fsp3) is 0.0769. The fourth-order valence-electron chi connectivity index (χ4n) is 2.02. The molecule has 0 saturated carbocycles. The number of hydrogen-bond donors (Lipinski definition) is 2. The molecule has 2 heterocycles. The Morgan fingerprint density at radius 2 is 1.84 bits per heavy atom. The molecule has 0 fully saturated rings. The van der Waals surface area contributed by atoms with E-state index >= 15 is 0 Å². The molecule has 0 amide bonds. The molecule has 0 aliphatic carbocycles. The molecule has 0 radical (unpaired) electrons. The van der Waals surface area contributed by atoms with Gasteiger partial charge < -0.3 is 4.98 Å². The second-order valence-corrected chi connectivity index (χ2v) is 4.61. The van der Waals surface area contributed by atoms with E-state index in [4.69, 9.17) is 11.6 Å². The summed E-state index contributed by atoms with van der Waals surface area (Å²) in [6, 6.07) is 9.02. The van der Waals surface area contributed by atoms with Gasteiger partial charge in [-0.05, 0) is 19.1 Å². The van der Waals surface area contributed by atoms with Crippen LogP contribution in [0.5, 0.6) is 0 Å². The average molecular weight is 276 g/mol. The van der Waals surface area contributed by atoms with Crippen LogP contribution in [-0.4, -0.2) is 14.8 Å². The molecule has 3 aromatic rings. The lowest BCUT2D eigenvalue weighted by Gasteiger charge is -1.99. The third-order valence-corrected chi connectivity index (χ3v) is 3.43. The van der Waals surface area contributed by atoms with Gasteiger partial charge in [-0.2, -0.15) is 0 Å². The first-order chi connectivity index (χ1) is 9.09. The maximum absolute atomic E-state index is 12.3. The van der Waals surface area contributed by atoms with Crippen molar-refractivity contribution in [2.45, 2.75) is 6.92 Å². The molecule has 1 aromatic carbocycles. The maximum atomic E-state index is 12.3. The largest absolute Gasteiger partial charge is 0.342 e. The minimum absolute atomic E-state index is 0.0412. The van der Waals surface area contributed by atoms with Crippen molar-refractivity contribution in [3.05, 3.63) is 61.6 Å². The van der Waals surface area contributed by atoms with Crippen LogP contribution in [0.2, 0.25) is 5.02 Å². The Morgan fingerprint density at radius 1 is 1.16 bits per heavy atom. The number of halogens is 1. The van der Waals surface area contributed by atoms with Crippen molar-refractivity contribution in [2.75, 3.05) is 0 Å². The Labute approximate surface area is 112 Å². The predicted molar refractivity (Wildman–Crippen MR) is 74.3 cm³/mol. The second kappa shape index (κ2) is 4.13. The normalized spacial score (nSPS) is 11.1. The van der Waals surface area contributed by atoms with E-state index < -0.39 is 11.0 Å². The third-order valence-electron chi connectivity index (χ3n) is 2.97. The van der Waals surface area contributed by atoms with Crippen LogP contribution >= 0.6 is 11.6 Å². The molecule has 0 unspecified atom stereocenters. The average Bonchev–Trinajstić information content (AvgIpc) is 2.74. The monoisotopic (exact) mass is 275 g/mol. The van der Waals surface area contributed by atoms with Crippen LogP contribution in [0.25, 0.3) is 16.7 Å². The summed E-state index contributed by atoms with van der Waals surface area (Å²) in [4.78, 5) is 27.2. The van der Waals surface area contributed by atoms with E-state index in [9.17, 15) is 9.59 Å². The van der Waals surface area contributed by atoms with Crippen LogP contribution < -0.4 is 11.0 Å². The summed E-state index contributed by atoms with van der Waals surface area (Å²) in [5.41, 5.74) is 0.694. The molecule has 0 spiro atoms. The van der Waals surface area contributed by atoms with Gasteiger partial charge in [-0.3, -0.25) is 14.7 Å². The molecular weight excluding hydrogens is 266 g/mol. The van der Waals surface area contributed by atoms with Crippen LogP contribution in [0.1, 0.15) is 5.69 Å². The highest BCUT2D eigenvalue weighted by atomic mass is 35.5. The number of para-hydroxylation sites is 1. The van der Waals surface area contributed by atoms with Gasteiger partial charge in [0, 0.05) is 5.69 Å². The Morgan fingerprint density at radius 3 is 2.53 bits per heavy atom. The van der Waals surface area contributed by atoms with Gasteiger partial charge in [-0.15, -0.1) is 0 Å². The molecule has 6 heteroatoms. The first kappa shape index (κ1) is 11.8. The highest BCUT2D eigenvalue weighted by Crippen LogP contribution is 2.12. The Kier molecular flexibility index (Phi) is 2.57. The van der Waals surface area contributed by atoms with Crippen molar-refractivity contribution in [2.24, 2.45) is 0 Å². The number of pyridine rings is 1. The van der Waals surface area contributed by atoms with E-state index in [0.717, 1.165) is 0 Å². The number of aryl methyl sites for hydroxylation is 1. The highest BCUT2D eigenvalue weighted by Gasteiger charge is 2.15. The molecule has 2 aromatic heterocycles. The summed E-state index contributed by atoms with van der Waals surface area (Å²) >= 11 is 5.88. The van der Waals surface area contributed by atoms with E-state index in [2.05, 4.69) is 10.1 Å². The van der Waals surface area contributed by atoms with E-state index in [-0.39, 0.29) is 10.4 Å². The molecule has 5 nitrogen and oxygen atoms in total. The van der Waals surface area contributed by atoms with Gasteiger partial charge in [0.15, 0.2) is 0 Å². The van der Waals surface area contributed by atoms with Crippen molar-refractivity contribution in [1.82, 2.24) is 14.8 Å². The standard InChI is InChI=1S/C13H10ClN3O2/c1-7-10(14)11(18)9-12(15-7)16-17(13(9)19)8-5-3-2-4-6-8/h2-6H,1H3,(H2,15,16,18). The van der Waals surface area contributed by atoms with E-state index in [1.165, 1.54) is 4.68 Å².